The Kier molecular flexibility index (Phi) is 4.38. The second-order valence-electron chi connectivity index (χ2n) is 4.48. The Bertz CT molecular complexity index is 295. The van der Waals surface area contributed by atoms with Gasteiger partial charge >= 0.3 is 0 Å². The molecule has 2 atom stereocenters. The lowest BCUT2D eigenvalue weighted by atomic mass is 10.0. The Morgan fingerprint density at radius 3 is 2.88 bits per heavy atom. The number of methoxy groups -OCH3 is 1. The molecule has 1 N–H and O–H groups in total. The summed E-state index contributed by atoms with van der Waals surface area (Å²) in [5, 5.41) is 5.78. The molecule has 0 aliphatic heterocycles. The molecule has 1 saturated carbocycles. The average molecular weight is 239 g/mol. The quantitative estimate of drug-likeness (QED) is 0.789. The van der Waals surface area contributed by atoms with E-state index in [-0.39, 0.29) is 0 Å². The van der Waals surface area contributed by atoms with Gasteiger partial charge in [0.15, 0.2) is 0 Å². The van der Waals surface area contributed by atoms with Crippen molar-refractivity contribution >= 4 is 11.3 Å². The molecule has 16 heavy (non-hydrogen) atoms. The van der Waals surface area contributed by atoms with Gasteiger partial charge in [-0.2, -0.15) is 0 Å². The van der Waals surface area contributed by atoms with Crippen LogP contribution in [0.5, 0.6) is 0 Å². The van der Waals surface area contributed by atoms with Crippen molar-refractivity contribution in [2.75, 3.05) is 13.7 Å². The number of rotatable bonds is 7. The zero-order chi connectivity index (χ0) is 11.4. The van der Waals surface area contributed by atoms with Crippen molar-refractivity contribution in [3.05, 3.63) is 22.4 Å². The van der Waals surface area contributed by atoms with E-state index in [0.29, 0.717) is 12.1 Å². The summed E-state index contributed by atoms with van der Waals surface area (Å²) in [5.74, 6) is 0.765. The molecule has 1 fully saturated rings. The summed E-state index contributed by atoms with van der Waals surface area (Å²) in [7, 11) is 1.84. The fourth-order valence-corrected chi connectivity index (χ4v) is 3.01. The molecule has 2 nitrogen and oxygen atoms in total. The number of hydrogen-bond acceptors (Lipinski definition) is 3. The van der Waals surface area contributed by atoms with Gasteiger partial charge in [-0.25, -0.2) is 0 Å². The smallest absolute Gasteiger partial charge is 0.0802 e. The summed E-state index contributed by atoms with van der Waals surface area (Å²) in [6.07, 6.45) is 4.18. The van der Waals surface area contributed by atoms with E-state index in [9.17, 15) is 0 Å². The van der Waals surface area contributed by atoms with E-state index in [1.165, 1.54) is 24.1 Å². The summed E-state index contributed by atoms with van der Waals surface area (Å²) in [5.41, 5.74) is 0. The molecule has 0 radical (unpaired) electrons. The van der Waals surface area contributed by atoms with Crippen LogP contribution >= 0.6 is 11.3 Å². The lowest BCUT2D eigenvalue weighted by Gasteiger charge is -2.26. The standard InChI is InChI=1S/C13H21NOS/c1-3-8-14-12(11-5-4-9-16-11)13(15-2)10-6-7-10/h4-5,9-10,12-14H,3,6-8H2,1-2H3. The molecule has 0 spiro atoms. The van der Waals surface area contributed by atoms with Crippen LogP contribution in [0.15, 0.2) is 17.5 Å². The summed E-state index contributed by atoms with van der Waals surface area (Å²) in [4.78, 5) is 1.41. The van der Waals surface area contributed by atoms with Gasteiger partial charge in [-0.1, -0.05) is 13.0 Å². The van der Waals surface area contributed by atoms with E-state index in [4.69, 9.17) is 4.74 Å². The van der Waals surface area contributed by atoms with Crippen LogP contribution in [0, 0.1) is 5.92 Å². The highest BCUT2D eigenvalue weighted by molar-refractivity contribution is 7.10. The molecule has 1 heterocycles. The first kappa shape index (κ1) is 12.1. The van der Waals surface area contributed by atoms with Crippen molar-refractivity contribution in [2.24, 2.45) is 5.92 Å². The van der Waals surface area contributed by atoms with Crippen molar-refractivity contribution in [3.8, 4) is 0 Å². The van der Waals surface area contributed by atoms with Crippen LogP contribution in [-0.2, 0) is 4.74 Å². The molecular weight excluding hydrogens is 218 g/mol. The average Bonchev–Trinajstić information content (AvgIpc) is 2.99. The summed E-state index contributed by atoms with van der Waals surface area (Å²) >= 11 is 1.83. The summed E-state index contributed by atoms with van der Waals surface area (Å²) in [6.45, 7) is 3.27. The Labute approximate surface area is 102 Å². The zero-order valence-corrected chi connectivity index (χ0v) is 10.9. The third-order valence-corrected chi connectivity index (χ3v) is 4.11. The zero-order valence-electron chi connectivity index (χ0n) is 10.1. The largest absolute Gasteiger partial charge is 0.379 e. The lowest BCUT2D eigenvalue weighted by Crippen LogP contribution is -2.34. The van der Waals surface area contributed by atoms with E-state index in [1.54, 1.807) is 0 Å². The Balaban J connectivity index is 2.06. The predicted octanol–water partition coefficient (Wildman–Crippen LogP) is 3.21. The van der Waals surface area contributed by atoms with Crippen molar-refractivity contribution in [1.29, 1.82) is 0 Å². The van der Waals surface area contributed by atoms with Gasteiger partial charge in [-0.05, 0) is 43.2 Å². The maximum Gasteiger partial charge on any atom is 0.0802 e. The minimum absolute atomic E-state index is 0.352. The third kappa shape index (κ3) is 2.84. The normalized spacial score (nSPS) is 19.6. The molecule has 1 aliphatic carbocycles. The van der Waals surface area contributed by atoms with Gasteiger partial charge in [-0.3, -0.25) is 0 Å². The number of ether oxygens (including phenoxy) is 1. The van der Waals surface area contributed by atoms with E-state index < -0.39 is 0 Å². The van der Waals surface area contributed by atoms with Gasteiger partial charge in [-0.15, -0.1) is 11.3 Å². The molecule has 0 bridgehead atoms. The first-order valence-corrected chi connectivity index (χ1v) is 7.04. The van der Waals surface area contributed by atoms with E-state index in [0.717, 1.165) is 12.5 Å². The molecule has 3 heteroatoms. The highest BCUT2D eigenvalue weighted by atomic mass is 32.1. The van der Waals surface area contributed by atoms with Crippen molar-refractivity contribution in [3.63, 3.8) is 0 Å². The fraction of sp³-hybridized carbons (Fsp3) is 0.692. The Morgan fingerprint density at radius 1 is 1.56 bits per heavy atom. The van der Waals surface area contributed by atoms with Crippen LogP contribution in [-0.4, -0.2) is 19.8 Å². The minimum atomic E-state index is 0.352. The topological polar surface area (TPSA) is 21.3 Å². The fourth-order valence-electron chi connectivity index (χ4n) is 2.17. The Morgan fingerprint density at radius 2 is 2.38 bits per heavy atom. The number of thiophene rings is 1. The molecular formula is C13H21NOS. The molecule has 2 rings (SSSR count). The molecule has 0 saturated heterocycles. The van der Waals surface area contributed by atoms with Crippen LogP contribution in [0.4, 0.5) is 0 Å². The van der Waals surface area contributed by atoms with Gasteiger partial charge in [0, 0.05) is 12.0 Å². The predicted molar refractivity (Wildman–Crippen MR) is 68.9 cm³/mol. The first-order valence-electron chi connectivity index (χ1n) is 6.16. The third-order valence-electron chi connectivity index (χ3n) is 3.15. The molecule has 2 unspecified atom stereocenters. The summed E-state index contributed by atoms with van der Waals surface area (Å²) < 4.78 is 5.70. The number of nitrogens with one attached hydrogen (secondary N) is 1. The number of hydrogen-bond donors (Lipinski definition) is 1. The van der Waals surface area contributed by atoms with Crippen LogP contribution < -0.4 is 5.32 Å². The molecule has 0 aromatic carbocycles. The molecule has 1 aromatic rings. The second-order valence-corrected chi connectivity index (χ2v) is 5.46. The van der Waals surface area contributed by atoms with Gasteiger partial charge in [0.25, 0.3) is 0 Å². The SMILES string of the molecule is CCCNC(c1cccs1)C(OC)C1CC1. The van der Waals surface area contributed by atoms with Crippen molar-refractivity contribution in [1.82, 2.24) is 5.32 Å². The van der Waals surface area contributed by atoms with Gasteiger partial charge in [0.2, 0.25) is 0 Å². The minimum Gasteiger partial charge on any atom is -0.379 e. The molecule has 1 aliphatic rings. The van der Waals surface area contributed by atoms with Crippen molar-refractivity contribution in [2.45, 2.75) is 38.3 Å². The van der Waals surface area contributed by atoms with Crippen molar-refractivity contribution < 1.29 is 4.74 Å². The Hall–Kier alpha value is -0.380. The molecule has 0 amide bonds. The van der Waals surface area contributed by atoms with Gasteiger partial charge in [0.1, 0.15) is 0 Å². The second kappa shape index (κ2) is 5.80. The molecule has 1 aromatic heterocycles. The monoisotopic (exact) mass is 239 g/mol. The molecule has 90 valence electrons. The maximum absolute atomic E-state index is 5.70. The first-order chi connectivity index (χ1) is 7.86. The van der Waals surface area contributed by atoms with E-state index >= 15 is 0 Å². The van der Waals surface area contributed by atoms with Gasteiger partial charge in [0.05, 0.1) is 12.1 Å². The highest BCUT2D eigenvalue weighted by Crippen LogP contribution is 2.40. The lowest BCUT2D eigenvalue weighted by molar-refractivity contribution is 0.0517. The highest BCUT2D eigenvalue weighted by Gasteiger charge is 2.37. The van der Waals surface area contributed by atoms with E-state index in [1.807, 2.05) is 18.4 Å². The van der Waals surface area contributed by atoms with Crippen LogP contribution in [0.3, 0.4) is 0 Å². The van der Waals surface area contributed by atoms with Gasteiger partial charge < -0.3 is 10.1 Å². The summed E-state index contributed by atoms with van der Waals surface area (Å²) in [6, 6.07) is 4.73. The van der Waals surface area contributed by atoms with E-state index in [2.05, 4.69) is 29.8 Å². The van der Waals surface area contributed by atoms with Crippen LogP contribution in [0.25, 0.3) is 0 Å². The maximum atomic E-state index is 5.70. The van der Waals surface area contributed by atoms with Crippen LogP contribution in [0.1, 0.15) is 37.1 Å². The van der Waals surface area contributed by atoms with Crippen LogP contribution in [0.2, 0.25) is 0 Å².